The van der Waals surface area contributed by atoms with E-state index in [0.29, 0.717) is 18.2 Å². The SMILES string of the molecule is Clc1ccc2c(c1)CC(N1CCN(CCOc3ccccc3)CC1)c1ccccc1S2.O=C(O)/C=C/C(=O)O. The van der Waals surface area contributed by atoms with Gasteiger partial charge in [-0.15, -0.1) is 0 Å². The van der Waals surface area contributed by atoms with E-state index in [1.54, 1.807) is 0 Å². The molecule has 3 aromatic carbocycles. The molecule has 39 heavy (non-hydrogen) atoms. The lowest BCUT2D eigenvalue weighted by Gasteiger charge is -2.39. The van der Waals surface area contributed by atoms with Crippen molar-refractivity contribution in [3.05, 3.63) is 101 Å². The molecule has 2 aliphatic rings. The van der Waals surface area contributed by atoms with Crippen molar-refractivity contribution in [2.24, 2.45) is 0 Å². The molecule has 3 aromatic rings. The van der Waals surface area contributed by atoms with Crippen LogP contribution in [0.2, 0.25) is 5.02 Å². The second-order valence-electron chi connectivity index (χ2n) is 9.16. The van der Waals surface area contributed by atoms with Gasteiger partial charge in [-0.25, -0.2) is 9.59 Å². The Kier molecular flexibility index (Phi) is 10.4. The molecular formula is C30H31ClN2O5S. The van der Waals surface area contributed by atoms with Gasteiger partial charge in [0.05, 0.1) is 0 Å². The fraction of sp³-hybridized carbons (Fsp3) is 0.267. The number of aliphatic carboxylic acids is 2. The van der Waals surface area contributed by atoms with Crippen molar-refractivity contribution in [2.45, 2.75) is 22.3 Å². The molecule has 204 valence electrons. The molecule has 2 heterocycles. The number of hydrogen-bond donors (Lipinski definition) is 2. The monoisotopic (exact) mass is 566 g/mol. The zero-order valence-electron chi connectivity index (χ0n) is 21.4. The molecule has 0 amide bonds. The van der Waals surface area contributed by atoms with E-state index in [2.05, 4.69) is 46.2 Å². The average molecular weight is 567 g/mol. The Balaban J connectivity index is 0.000000386. The number of hydrogen-bond acceptors (Lipinski definition) is 6. The zero-order chi connectivity index (χ0) is 27.6. The normalized spacial score (nSPS) is 17.3. The number of carboxylic acids is 2. The molecule has 2 aliphatic heterocycles. The third-order valence-electron chi connectivity index (χ3n) is 6.57. The summed E-state index contributed by atoms with van der Waals surface area (Å²) in [4.78, 5) is 27.0. The number of nitrogens with zero attached hydrogens (tertiary/aromatic N) is 2. The first-order valence-electron chi connectivity index (χ1n) is 12.7. The van der Waals surface area contributed by atoms with E-state index in [-0.39, 0.29) is 0 Å². The van der Waals surface area contributed by atoms with E-state index in [9.17, 15) is 9.59 Å². The van der Waals surface area contributed by atoms with Gasteiger partial charge in [-0.05, 0) is 53.9 Å². The lowest BCUT2D eigenvalue weighted by atomic mass is 9.96. The van der Waals surface area contributed by atoms with Crippen molar-refractivity contribution in [3.63, 3.8) is 0 Å². The summed E-state index contributed by atoms with van der Waals surface area (Å²) >= 11 is 8.22. The Bertz CT molecular complexity index is 1280. The minimum Gasteiger partial charge on any atom is -0.492 e. The van der Waals surface area contributed by atoms with Crippen molar-refractivity contribution >= 4 is 35.3 Å². The van der Waals surface area contributed by atoms with E-state index in [0.717, 1.165) is 56.5 Å². The van der Waals surface area contributed by atoms with Crippen LogP contribution in [0.15, 0.2) is 94.7 Å². The van der Waals surface area contributed by atoms with Crippen LogP contribution in [0, 0.1) is 0 Å². The fourth-order valence-corrected chi connectivity index (χ4v) is 5.98. The molecule has 9 heteroatoms. The summed E-state index contributed by atoms with van der Waals surface area (Å²) in [7, 11) is 0. The second kappa shape index (κ2) is 14.2. The third-order valence-corrected chi connectivity index (χ3v) is 8.01. The highest BCUT2D eigenvalue weighted by Gasteiger charge is 2.29. The quantitative estimate of drug-likeness (QED) is 0.363. The molecule has 0 spiro atoms. The third kappa shape index (κ3) is 8.60. The number of ether oxygens (including phenoxy) is 1. The lowest BCUT2D eigenvalue weighted by molar-refractivity contribution is -0.134. The summed E-state index contributed by atoms with van der Waals surface area (Å²) in [5.74, 6) is -1.56. The number of rotatable bonds is 7. The molecule has 7 nitrogen and oxygen atoms in total. The van der Waals surface area contributed by atoms with Gasteiger partial charge in [-0.2, -0.15) is 0 Å². The Morgan fingerprint density at radius 1 is 0.897 bits per heavy atom. The Labute approximate surface area is 237 Å². The minimum absolute atomic E-state index is 0.395. The highest BCUT2D eigenvalue weighted by atomic mass is 35.5. The van der Waals surface area contributed by atoms with Gasteiger partial charge >= 0.3 is 11.9 Å². The van der Waals surface area contributed by atoms with Crippen molar-refractivity contribution in [1.29, 1.82) is 0 Å². The highest BCUT2D eigenvalue weighted by Crippen LogP contribution is 2.43. The van der Waals surface area contributed by atoms with Crippen LogP contribution in [0.25, 0.3) is 0 Å². The predicted molar refractivity (Wildman–Crippen MR) is 153 cm³/mol. The van der Waals surface area contributed by atoms with Crippen molar-refractivity contribution in [3.8, 4) is 5.75 Å². The van der Waals surface area contributed by atoms with Gasteiger partial charge in [0, 0.05) is 65.7 Å². The maximum Gasteiger partial charge on any atom is 0.328 e. The van der Waals surface area contributed by atoms with Crippen molar-refractivity contribution in [1.82, 2.24) is 9.80 Å². The number of fused-ring (bicyclic) bond motifs is 2. The average Bonchev–Trinajstić information content (AvgIpc) is 3.10. The zero-order valence-corrected chi connectivity index (χ0v) is 23.0. The Morgan fingerprint density at radius 3 is 2.26 bits per heavy atom. The van der Waals surface area contributed by atoms with Crippen LogP contribution in [0.4, 0.5) is 0 Å². The number of benzene rings is 3. The smallest absolute Gasteiger partial charge is 0.328 e. The minimum atomic E-state index is -1.26. The van der Waals surface area contributed by atoms with Crippen LogP contribution in [0.5, 0.6) is 5.75 Å². The first kappa shape index (κ1) is 28.7. The summed E-state index contributed by atoms with van der Waals surface area (Å²) in [5, 5.41) is 16.5. The molecule has 2 N–H and O–H groups in total. The maximum absolute atomic E-state index is 9.55. The lowest BCUT2D eigenvalue weighted by Crippen LogP contribution is -2.49. The van der Waals surface area contributed by atoms with Crippen LogP contribution in [-0.4, -0.2) is 71.3 Å². The standard InChI is InChI=1S/C26H27ClN2OS.C4H4O4/c27-21-10-11-25-20(18-21)19-24(23-8-4-5-9-26(23)31-25)29-14-12-28(13-15-29)16-17-30-22-6-2-1-3-7-22;5-3(6)1-2-4(7)8/h1-11,18,24H,12-17,19H2;1-2H,(H,5,6)(H,7,8)/b;2-1+. The van der Waals surface area contributed by atoms with Crippen LogP contribution < -0.4 is 4.74 Å². The molecule has 5 rings (SSSR count). The Morgan fingerprint density at radius 2 is 1.56 bits per heavy atom. The highest BCUT2D eigenvalue weighted by molar-refractivity contribution is 7.99. The van der Waals surface area contributed by atoms with Gasteiger partial charge in [0.25, 0.3) is 0 Å². The number of para-hydroxylation sites is 1. The molecule has 1 fully saturated rings. The number of carboxylic acid groups (broad SMARTS) is 2. The van der Waals surface area contributed by atoms with Gasteiger partial charge in [-0.1, -0.05) is 59.8 Å². The molecule has 0 radical (unpaired) electrons. The van der Waals surface area contributed by atoms with Gasteiger partial charge in [-0.3, -0.25) is 9.80 Å². The molecular weight excluding hydrogens is 536 g/mol. The van der Waals surface area contributed by atoms with Crippen LogP contribution >= 0.6 is 23.4 Å². The molecule has 0 aliphatic carbocycles. The summed E-state index contributed by atoms with van der Waals surface area (Å²) in [6, 6.07) is 25.7. The molecule has 1 unspecified atom stereocenters. The Hall–Kier alpha value is -3.30. The summed E-state index contributed by atoms with van der Waals surface area (Å²) in [6.07, 6.45) is 2.13. The van der Waals surface area contributed by atoms with E-state index in [4.69, 9.17) is 26.6 Å². The topological polar surface area (TPSA) is 90.3 Å². The van der Waals surface area contributed by atoms with Crippen LogP contribution in [0.3, 0.4) is 0 Å². The van der Waals surface area contributed by atoms with Gasteiger partial charge in [0.2, 0.25) is 0 Å². The van der Waals surface area contributed by atoms with Crippen LogP contribution in [-0.2, 0) is 16.0 Å². The predicted octanol–water partition coefficient (Wildman–Crippen LogP) is 5.50. The van der Waals surface area contributed by atoms with Crippen molar-refractivity contribution < 1.29 is 24.5 Å². The number of piperazine rings is 1. The van der Waals surface area contributed by atoms with Crippen LogP contribution in [0.1, 0.15) is 17.2 Å². The molecule has 1 atom stereocenters. The van der Waals surface area contributed by atoms with E-state index >= 15 is 0 Å². The van der Waals surface area contributed by atoms with Gasteiger partial charge in [0.15, 0.2) is 0 Å². The second-order valence-corrected chi connectivity index (χ2v) is 10.7. The summed E-state index contributed by atoms with van der Waals surface area (Å²) in [5.41, 5.74) is 2.80. The molecule has 0 aromatic heterocycles. The molecule has 0 bridgehead atoms. The number of carbonyl (C=O) groups is 2. The van der Waals surface area contributed by atoms with E-state index in [1.807, 2.05) is 48.2 Å². The summed E-state index contributed by atoms with van der Waals surface area (Å²) in [6.45, 7) is 6.01. The molecule has 1 saturated heterocycles. The summed E-state index contributed by atoms with van der Waals surface area (Å²) < 4.78 is 5.89. The molecule has 0 saturated carbocycles. The number of halogens is 1. The van der Waals surface area contributed by atoms with Gasteiger partial charge < -0.3 is 14.9 Å². The largest absolute Gasteiger partial charge is 0.492 e. The maximum atomic E-state index is 9.55. The first-order chi connectivity index (χ1) is 18.9. The van der Waals surface area contributed by atoms with Gasteiger partial charge in [0.1, 0.15) is 12.4 Å². The first-order valence-corrected chi connectivity index (χ1v) is 13.9. The fourth-order valence-electron chi connectivity index (χ4n) is 4.67. The van der Waals surface area contributed by atoms with E-state index in [1.165, 1.54) is 20.9 Å². The van der Waals surface area contributed by atoms with Crippen molar-refractivity contribution in [2.75, 3.05) is 39.3 Å². The van der Waals surface area contributed by atoms with E-state index < -0.39 is 11.9 Å².